The highest BCUT2D eigenvalue weighted by Gasteiger charge is 2.22. The summed E-state index contributed by atoms with van der Waals surface area (Å²) in [6.45, 7) is 3.89. The number of nitrogens with two attached hydrogens (primary N) is 1. The van der Waals surface area contributed by atoms with Crippen molar-refractivity contribution < 1.29 is 10.0 Å². The Morgan fingerprint density at radius 1 is 1.47 bits per heavy atom. The first-order chi connectivity index (χ1) is 9.10. The zero-order valence-electron chi connectivity index (χ0n) is 11.0. The molecule has 1 amide bonds. The molecule has 1 aromatic carbocycles. The van der Waals surface area contributed by atoms with Gasteiger partial charge in [-0.15, -0.1) is 0 Å². The fourth-order valence-corrected chi connectivity index (χ4v) is 2.30. The first-order valence-corrected chi connectivity index (χ1v) is 6.44. The lowest BCUT2D eigenvalue weighted by atomic mass is 10.1. The molecule has 5 nitrogen and oxygen atoms in total. The number of oxime groups is 1. The van der Waals surface area contributed by atoms with Crippen molar-refractivity contribution in [2.45, 2.75) is 19.8 Å². The summed E-state index contributed by atoms with van der Waals surface area (Å²) in [5, 5.41) is 11.5. The van der Waals surface area contributed by atoms with Gasteiger partial charge in [0.15, 0.2) is 5.84 Å². The molecule has 1 fully saturated rings. The van der Waals surface area contributed by atoms with Crippen molar-refractivity contribution in [3.8, 4) is 0 Å². The van der Waals surface area contributed by atoms with Crippen molar-refractivity contribution >= 4 is 11.7 Å². The zero-order valence-corrected chi connectivity index (χ0v) is 11.0. The Kier molecular flexibility index (Phi) is 4.04. The van der Waals surface area contributed by atoms with E-state index in [4.69, 9.17) is 10.9 Å². The Morgan fingerprint density at radius 3 is 2.68 bits per heavy atom. The molecule has 5 heteroatoms. The summed E-state index contributed by atoms with van der Waals surface area (Å²) in [6, 6.07) is 7.18. The van der Waals surface area contributed by atoms with Crippen molar-refractivity contribution in [3.05, 3.63) is 35.4 Å². The molecule has 1 aliphatic rings. The molecule has 1 heterocycles. The molecule has 1 unspecified atom stereocenters. The highest BCUT2D eigenvalue weighted by Crippen LogP contribution is 2.16. The van der Waals surface area contributed by atoms with Gasteiger partial charge in [-0.1, -0.05) is 36.3 Å². The average molecular weight is 261 g/mol. The van der Waals surface area contributed by atoms with Gasteiger partial charge >= 0.3 is 0 Å². The van der Waals surface area contributed by atoms with E-state index in [2.05, 4.69) is 12.1 Å². The smallest absolute Gasteiger partial charge is 0.226 e. The van der Waals surface area contributed by atoms with E-state index in [-0.39, 0.29) is 11.7 Å². The molecule has 0 aromatic heterocycles. The van der Waals surface area contributed by atoms with Crippen LogP contribution in [-0.4, -0.2) is 34.9 Å². The second-order valence-electron chi connectivity index (χ2n) is 5.09. The molecule has 1 atom stereocenters. The van der Waals surface area contributed by atoms with Gasteiger partial charge in [0.2, 0.25) is 5.91 Å². The first-order valence-electron chi connectivity index (χ1n) is 6.44. The Morgan fingerprint density at radius 2 is 2.16 bits per heavy atom. The van der Waals surface area contributed by atoms with Gasteiger partial charge in [0.05, 0.1) is 6.42 Å². The maximum atomic E-state index is 12.1. The predicted molar refractivity (Wildman–Crippen MR) is 73.0 cm³/mol. The number of benzene rings is 1. The van der Waals surface area contributed by atoms with Crippen molar-refractivity contribution in [3.63, 3.8) is 0 Å². The summed E-state index contributed by atoms with van der Waals surface area (Å²) in [5.74, 6) is 0.846. The van der Waals surface area contributed by atoms with Crippen molar-refractivity contribution in [1.82, 2.24) is 4.90 Å². The fraction of sp³-hybridized carbons (Fsp3) is 0.429. The number of amidine groups is 1. The zero-order chi connectivity index (χ0) is 13.8. The molecular weight excluding hydrogens is 242 g/mol. The lowest BCUT2D eigenvalue weighted by molar-refractivity contribution is -0.129. The van der Waals surface area contributed by atoms with Crippen LogP contribution in [0.3, 0.4) is 0 Å². The Hall–Kier alpha value is -2.04. The summed E-state index contributed by atoms with van der Waals surface area (Å²) >= 11 is 0. The van der Waals surface area contributed by atoms with Gasteiger partial charge in [-0.25, -0.2) is 0 Å². The maximum absolute atomic E-state index is 12.1. The van der Waals surface area contributed by atoms with Gasteiger partial charge in [-0.3, -0.25) is 4.79 Å². The summed E-state index contributed by atoms with van der Waals surface area (Å²) in [4.78, 5) is 14.0. The van der Waals surface area contributed by atoms with Crippen LogP contribution in [0.25, 0.3) is 0 Å². The van der Waals surface area contributed by atoms with E-state index in [1.54, 1.807) is 12.1 Å². The quantitative estimate of drug-likeness (QED) is 0.371. The molecule has 0 saturated carbocycles. The lowest BCUT2D eigenvalue weighted by Gasteiger charge is -2.15. The van der Waals surface area contributed by atoms with Crippen LogP contribution in [0, 0.1) is 5.92 Å². The van der Waals surface area contributed by atoms with Crippen molar-refractivity contribution in [2.24, 2.45) is 16.8 Å². The Balaban J connectivity index is 1.98. The van der Waals surface area contributed by atoms with Crippen LogP contribution in [0.4, 0.5) is 0 Å². The normalized spacial score (nSPS) is 19.7. The third-order valence-corrected chi connectivity index (χ3v) is 3.49. The molecule has 0 bridgehead atoms. The van der Waals surface area contributed by atoms with Gasteiger partial charge in [0.1, 0.15) is 0 Å². The first kappa shape index (κ1) is 13.4. The summed E-state index contributed by atoms with van der Waals surface area (Å²) in [5.41, 5.74) is 7.08. The van der Waals surface area contributed by atoms with E-state index < -0.39 is 0 Å². The second-order valence-corrected chi connectivity index (χ2v) is 5.09. The second kappa shape index (κ2) is 5.73. The third kappa shape index (κ3) is 3.24. The Labute approximate surface area is 112 Å². The SMILES string of the molecule is CC1CCN(C(=O)Cc2ccc(C(N)=NO)cc2)C1. The number of hydrogen-bond donors (Lipinski definition) is 2. The van der Waals surface area contributed by atoms with Gasteiger partial charge in [0.25, 0.3) is 0 Å². The van der Waals surface area contributed by atoms with Crippen molar-refractivity contribution in [1.29, 1.82) is 0 Å². The highest BCUT2D eigenvalue weighted by molar-refractivity contribution is 5.97. The molecule has 102 valence electrons. The predicted octanol–water partition coefficient (Wildman–Crippen LogP) is 1.19. The molecule has 0 radical (unpaired) electrons. The van der Waals surface area contributed by atoms with Crippen LogP contribution in [0.15, 0.2) is 29.4 Å². The fourth-order valence-electron chi connectivity index (χ4n) is 2.30. The van der Waals surface area contributed by atoms with Gasteiger partial charge in [0, 0.05) is 18.7 Å². The van der Waals surface area contributed by atoms with E-state index in [1.165, 1.54) is 0 Å². The van der Waals surface area contributed by atoms with E-state index >= 15 is 0 Å². The topological polar surface area (TPSA) is 78.9 Å². The van der Waals surface area contributed by atoms with Crippen LogP contribution in [0.2, 0.25) is 0 Å². The largest absolute Gasteiger partial charge is 0.409 e. The number of amides is 1. The number of carbonyl (C=O) groups is 1. The Bertz CT molecular complexity index is 482. The molecule has 0 spiro atoms. The van der Waals surface area contributed by atoms with Gasteiger partial charge in [-0.05, 0) is 17.9 Å². The number of hydrogen-bond acceptors (Lipinski definition) is 3. The van der Waals surface area contributed by atoms with Crippen LogP contribution < -0.4 is 5.73 Å². The van der Waals surface area contributed by atoms with Crippen LogP contribution in [0.5, 0.6) is 0 Å². The number of rotatable bonds is 3. The number of carbonyl (C=O) groups excluding carboxylic acids is 1. The van der Waals surface area contributed by atoms with Gasteiger partial charge in [-0.2, -0.15) is 0 Å². The van der Waals surface area contributed by atoms with E-state index in [1.807, 2.05) is 17.0 Å². The maximum Gasteiger partial charge on any atom is 0.226 e. The highest BCUT2D eigenvalue weighted by atomic mass is 16.4. The summed E-state index contributed by atoms with van der Waals surface area (Å²) in [6.07, 6.45) is 1.50. The van der Waals surface area contributed by atoms with E-state index in [0.717, 1.165) is 25.1 Å². The molecule has 1 aromatic rings. The number of likely N-dealkylation sites (tertiary alicyclic amines) is 1. The minimum absolute atomic E-state index is 0.0752. The third-order valence-electron chi connectivity index (χ3n) is 3.49. The molecule has 2 rings (SSSR count). The average Bonchev–Trinajstić information content (AvgIpc) is 2.85. The van der Waals surface area contributed by atoms with E-state index in [0.29, 0.717) is 17.9 Å². The van der Waals surface area contributed by atoms with E-state index in [9.17, 15) is 4.79 Å². The van der Waals surface area contributed by atoms with Crippen LogP contribution >= 0.6 is 0 Å². The summed E-state index contributed by atoms with van der Waals surface area (Å²) in [7, 11) is 0. The molecule has 19 heavy (non-hydrogen) atoms. The minimum atomic E-state index is 0.0752. The monoisotopic (exact) mass is 261 g/mol. The lowest BCUT2D eigenvalue weighted by Crippen LogP contribution is -2.29. The number of nitrogens with zero attached hydrogens (tertiary/aromatic N) is 2. The summed E-state index contributed by atoms with van der Waals surface area (Å²) < 4.78 is 0. The van der Waals surface area contributed by atoms with Gasteiger partial charge < -0.3 is 15.8 Å². The minimum Gasteiger partial charge on any atom is -0.409 e. The molecule has 3 N–H and O–H groups in total. The van der Waals surface area contributed by atoms with Crippen LogP contribution in [-0.2, 0) is 11.2 Å². The molecule has 1 aliphatic heterocycles. The molecule has 0 aliphatic carbocycles. The van der Waals surface area contributed by atoms with Crippen molar-refractivity contribution in [2.75, 3.05) is 13.1 Å². The van der Waals surface area contributed by atoms with Crippen LogP contribution in [0.1, 0.15) is 24.5 Å². The standard InChI is InChI=1S/C14H19N3O2/c1-10-6-7-17(9-10)13(18)8-11-2-4-12(5-3-11)14(15)16-19/h2-5,10,19H,6-9H2,1H3,(H2,15,16). The molecule has 1 saturated heterocycles. The molecular formula is C14H19N3O2.